The quantitative estimate of drug-likeness (QED) is 0.261. The van der Waals surface area contributed by atoms with E-state index in [4.69, 9.17) is 4.52 Å². The number of aryl methyl sites for hydroxylation is 2. The number of thiophene rings is 2. The normalized spacial score (nSPS) is 11.4. The van der Waals surface area contributed by atoms with Crippen LogP contribution in [0.25, 0.3) is 21.2 Å². The third-order valence-corrected chi connectivity index (χ3v) is 7.46. The monoisotopic (exact) mass is 415 g/mol. The zero-order valence-electron chi connectivity index (χ0n) is 17.3. The molecule has 3 aromatic rings. The van der Waals surface area contributed by atoms with E-state index < -0.39 is 0 Å². The Bertz CT molecular complexity index is 814. The van der Waals surface area contributed by atoms with Crippen molar-refractivity contribution < 1.29 is 4.52 Å². The third-order valence-electron chi connectivity index (χ3n) is 5.13. The lowest BCUT2D eigenvalue weighted by molar-refractivity contribution is 0.436. The van der Waals surface area contributed by atoms with Gasteiger partial charge in [0.15, 0.2) is 5.76 Å². The Labute approximate surface area is 178 Å². The fourth-order valence-corrected chi connectivity index (χ4v) is 5.41. The predicted octanol–water partition coefficient (Wildman–Crippen LogP) is 8.77. The van der Waals surface area contributed by atoms with Gasteiger partial charge >= 0.3 is 0 Å². The lowest BCUT2D eigenvalue weighted by Gasteiger charge is -2.00. The first-order valence-corrected chi connectivity index (χ1v) is 12.6. The van der Waals surface area contributed by atoms with Gasteiger partial charge in [-0.15, -0.1) is 22.7 Å². The number of unbranched alkanes of at least 4 members (excludes halogenated alkanes) is 7. The highest BCUT2D eigenvalue weighted by molar-refractivity contribution is 7.15. The molecule has 0 aliphatic carbocycles. The summed E-state index contributed by atoms with van der Waals surface area (Å²) in [5, 5.41) is 4.32. The molecule has 2 nitrogen and oxygen atoms in total. The first-order chi connectivity index (χ1) is 13.8. The minimum atomic E-state index is 0.898. The average molecular weight is 416 g/mol. The predicted molar refractivity (Wildman–Crippen MR) is 123 cm³/mol. The van der Waals surface area contributed by atoms with E-state index in [1.807, 2.05) is 22.7 Å². The Hall–Kier alpha value is -1.39. The van der Waals surface area contributed by atoms with Crippen molar-refractivity contribution in [3.63, 3.8) is 0 Å². The van der Waals surface area contributed by atoms with Crippen LogP contribution in [0.5, 0.6) is 0 Å². The van der Waals surface area contributed by atoms with Crippen LogP contribution < -0.4 is 0 Å². The maximum atomic E-state index is 5.66. The maximum Gasteiger partial charge on any atom is 0.177 e. The molecule has 0 saturated carbocycles. The molecule has 0 atom stereocenters. The van der Waals surface area contributed by atoms with E-state index in [1.54, 1.807) is 0 Å². The summed E-state index contributed by atoms with van der Waals surface area (Å²) >= 11 is 3.69. The van der Waals surface area contributed by atoms with E-state index in [2.05, 4.69) is 49.3 Å². The van der Waals surface area contributed by atoms with Crippen molar-refractivity contribution in [2.75, 3.05) is 0 Å². The molecule has 0 radical (unpaired) electrons. The summed E-state index contributed by atoms with van der Waals surface area (Å²) in [4.78, 5) is 5.30. The summed E-state index contributed by atoms with van der Waals surface area (Å²) in [5.74, 6) is 0.898. The second-order valence-corrected chi connectivity index (χ2v) is 9.92. The molecule has 0 fully saturated rings. The molecular formula is C24H33NOS2. The summed E-state index contributed by atoms with van der Waals surface area (Å²) in [7, 11) is 0. The maximum absolute atomic E-state index is 5.66. The number of aromatic nitrogens is 1. The van der Waals surface area contributed by atoms with Crippen LogP contribution in [-0.2, 0) is 12.8 Å². The molecule has 0 aromatic carbocycles. The van der Waals surface area contributed by atoms with E-state index >= 15 is 0 Å². The first-order valence-electron chi connectivity index (χ1n) is 10.9. The Morgan fingerprint density at radius 2 is 1.32 bits per heavy atom. The lowest BCUT2D eigenvalue weighted by Crippen LogP contribution is -1.82. The fraction of sp³-hybridized carbons (Fsp3) is 0.542. The standard InChI is InChI=1S/C24H33NOS2/c1-3-5-7-8-9-10-11-13-20-15-17-24(28-20)22-18-21(25-26-22)23-16-14-19(27-23)12-6-4-2/h14-18H,3-13H2,1-2H3. The van der Waals surface area contributed by atoms with Gasteiger partial charge in [0.05, 0.1) is 9.75 Å². The van der Waals surface area contributed by atoms with Gasteiger partial charge < -0.3 is 4.52 Å². The van der Waals surface area contributed by atoms with Gasteiger partial charge in [0.25, 0.3) is 0 Å². The topological polar surface area (TPSA) is 26.0 Å². The molecule has 4 heteroatoms. The second kappa shape index (κ2) is 11.6. The van der Waals surface area contributed by atoms with Crippen molar-refractivity contribution in [2.24, 2.45) is 0 Å². The van der Waals surface area contributed by atoms with E-state index in [-0.39, 0.29) is 0 Å². The van der Waals surface area contributed by atoms with E-state index in [0.29, 0.717) is 0 Å². The summed E-state index contributed by atoms with van der Waals surface area (Å²) in [5.41, 5.74) is 0.963. The smallest absolute Gasteiger partial charge is 0.177 e. The van der Waals surface area contributed by atoms with Crippen LogP contribution in [0, 0.1) is 0 Å². The highest BCUT2D eigenvalue weighted by Crippen LogP contribution is 2.34. The van der Waals surface area contributed by atoms with Crippen molar-refractivity contribution in [1.29, 1.82) is 0 Å². The molecule has 0 unspecified atom stereocenters. The summed E-state index contributed by atoms with van der Waals surface area (Å²) < 4.78 is 5.66. The van der Waals surface area contributed by atoms with Crippen LogP contribution in [0.2, 0.25) is 0 Å². The van der Waals surface area contributed by atoms with Gasteiger partial charge in [-0.1, -0.05) is 63.9 Å². The molecule has 0 aliphatic heterocycles. The molecule has 0 spiro atoms. The van der Waals surface area contributed by atoms with Crippen LogP contribution in [0.15, 0.2) is 34.9 Å². The van der Waals surface area contributed by atoms with Gasteiger partial charge in [0, 0.05) is 15.8 Å². The van der Waals surface area contributed by atoms with Crippen molar-refractivity contribution in [3.05, 3.63) is 40.1 Å². The molecule has 0 aliphatic rings. The molecular weight excluding hydrogens is 382 g/mol. The van der Waals surface area contributed by atoms with Gasteiger partial charge in [0.2, 0.25) is 0 Å². The second-order valence-electron chi connectivity index (χ2n) is 7.58. The van der Waals surface area contributed by atoms with Crippen LogP contribution >= 0.6 is 22.7 Å². The van der Waals surface area contributed by atoms with Crippen LogP contribution in [0.3, 0.4) is 0 Å². The van der Waals surface area contributed by atoms with Crippen LogP contribution in [-0.4, -0.2) is 5.16 Å². The molecule has 0 N–H and O–H groups in total. The highest BCUT2D eigenvalue weighted by Gasteiger charge is 2.12. The molecule has 3 heterocycles. The Kier molecular flexibility index (Phi) is 8.81. The Morgan fingerprint density at radius 3 is 2.07 bits per heavy atom. The minimum Gasteiger partial charge on any atom is -0.355 e. The van der Waals surface area contributed by atoms with Gasteiger partial charge in [-0.05, 0) is 49.9 Å². The van der Waals surface area contributed by atoms with Gasteiger partial charge in [-0.3, -0.25) is 0 Å². The van der Waals surface area contributed by atoms with Crippen molar-refractivity contribution >= 4 is 22.7 Å². The molecule has 0 bridgehead atoms. The minimum absolute atomic E-state index is 0.898. The van der Waals surface area contributed by atoms with Gasteiger partial charge in [-0.2, -0.15) is 0 Å². The highest BCUT2D eigenvalue weighted by atomic mass is 32.1. The van der Waals surface area contributed by atoms with Crippen molar-refractivity contribution in [2.45, 2.75) is 84.5 Å². The SMILES string of the molecule is CCCCCCCCCc1ccc(-c2cc(-c3ccc(CCCC)s3)no2)s1. The van der Waals surface area contributed by atoms with Gasteiger partial charge in [0.1, 0.15) is 5.69 Å². The summed E-state index contributed by atoms with van der Waals surface area (Å²) in [6, 6.07) is 11.0. The zero-order valence-corrected chi connectivity index (χ0v) is 19.0. The lowest BCUT2D eigenvalue weighted by atomic mass is 10.1. The van der Waals surface area contributed by atoms with Crippen molar-refractivity contribution in [1.82, 2.24) is 5.16 Å². The van der Waals surface area contributed by atoms with Crippen LogP contribution in [0.1, 0.15) is 81.4 Å². The molecule has 0 amide bonds. The van der Waals surface area contributed by atoms with E-state index in [1.165, 1.54) is 90.1 Å². The molecule has 3 rings (SSSR count). The molecule has 3 aromatic heterocycles. The number of hydrogen-bond donors (Lipinski definition) is 0. The van der Waals surface area contributed by atoms with Gasteiger partial charge in [-0.25, -0.2) is 0 Å². The van der Waals surface area contributed by atoms with Crippen LogP contribution in [0.4, 0.5) is 0 Å². The summed E-state index contributed by atoms with van der Waals surface area (Å²) in [6.07, 6.45) is 14.4. The fourth-order valence-electron chi connectivity index (χ4n) is 3.41. The average Bonchev–Trinajstić information content (AvgIpc) is 3.45. The Balaban J connectivity index is 1.49. The third kappa shape index (κ3) is 6.31. The zero-order chi connectivity index (χ0) is 19.6. The van der Waals surface area contributed by atoms with E-state index in [9.17, 15) is 0 Å². The van der Waals surface area contributed by atoms with E-state index in [0.717, 1.165) is 11.5 Å². The van der Waals surface area contributed by atoms with Crippen molar-refractivity contribution in [3.8, 4) is 21.2 Å². The molecule has 28 heavy (non-hydrogen) atoms. The Morgan fingerprint density at radius 1 is 0.714 bits per heavy atom. The molecule has 0 saturated heterocycles. The number of hydrogen-bond acceptors (Lipinski definition) is 4. The number of rotatable bonds is 13. The number of nitrogens with zero attached hydrogens (tertiary/aromatic N) is 1. The molecule has 152 valence electrons. The largest absolute Gasteiger partial charge is 0.355 e. The summed E-state index contributed by atoms with van der Waals surface area (Å²) in [6.45, 7) is 4.51. The first kappa shape index (κ1) is 21.3.